The van der Waals surface area contributed by atoms with Gasteiger partial charge in [-0.3, -0.25) is 9.88 Å². The Kier molecular flexibility index (Phi) is 6.20. The summed E-state index contributed by atoms with van der Waals surface area (Å²) < 4.78 is 0. The van der Waals surface area contributed by atoms with Gasteiger partial charge in [0.15, 0.2) is 0 Å². The van der Waals surface area contributed by atoms with Gasteiger partial charge in [0.05, 0.1) is 0 Å². The number of thiophene rings is 1. The molecule has 2 aromatic rings. The van der Waals surface area contributed by atoms with E-state index in [1.54, 1.807) is 12.4 Å². The van der Waals surface area contributed by atoms with E-state index in [2.05, 4.69) is 38.0 Å². The molecule has 1 fully saturated rings. The lowest BCUT2D eigenvalue weighted by Gasteiger charge is -2.31. The molecular weight excluding hydrogens is 320 g/mol. The van der Waals surface area contributed by atoms with E-state index in [1.807, 2.05) is 23.5 Å². The highest BCUT2D eigenvalue weighted by atomic mass is 32.1. The minimum atomic E-state index is -0.0900. The lowest BCUT2D eigenvalue weighted by molar-refractivity contribution is 0.176. The van der Waals surface area contributed by atoms with Crippen LogP contribution in [0.4, 0.5) is 4.79 Å². The summed E-state index contributed by atoms with van der Waals surface area (Å²) in [6.07, 6.45) is 5.77. The second-order valence-electron chi connectivity index (χ2n) is 6.22. The normalized spacial score (nSPS) is 16.0. The van der Waals surface area contributed by atoms with Gasteiger partial charge in [0.2, 0.25) is 0 Å². The molecule has 0 aliphatic carbocycles. The van der Waals surface area contributed by atoms with Crippen LogP contribution in [0.25, 0.3) is 0 Å². The van der Waals surface area contributed by atoms with Crippen molar-refractivity contribution in [1.29, 1.82) is 0 Å². The average molecular weight is 344 g/mol. The maximum absolute atomic E-state index is 11.9. The van der Waals surface area contributed by atoms with Crippen LogP contribution >= 0.6 is 11.3 Å². The van der Waals surface area contributed by atoms with Crippen LogP contribution in [0.5, 0.6) is 0 Å². The predicted octanol–water partition coefficient (Wildman–Crippen LogP) is 2.85. The molecule has 3 heterocycles. The number of likely N-dealkylation sites (tertiary alicyclic amines) is 1. The predicted molar refractivity (Wildman–Crippen MR) is 96.8 cm³/mol. The summed E-state index contributed by atoms with van der Waals surface area (Å²) in [6, 6.07) is 8.03. The number of amides is 2. The third-order valence-corrected chi connectivity index (χ3v) is 5.28. The molecule has 1 aliphatic heterocycles. The molecule has 2 amide bonds. The van der Waals surface area contributed by atoms with Crippen LogP contribution < -0.4 is 10.6 Å². The molecule has 0 saturated carbocycles. The minimum absolute atomic E-state index is 0.0900. The fraction of sp³-hybridized carbons (Fsp3) is 0.444. The maximum atomic E-state index is 11.9. The minimum Gasteiger partial charge on any atom is -0.338 e. The van der Waals surface area contributed by atoms with Gasteiger partial charge < -0.3 is 10.6 Å². The molecule has 0 aromatic carbocycles. The lowest BCUT2D eigenvalue weighted by atomic mass is 9.97. The monoisotopic (exact) mass is 344 g/mol. The number of carbonyl (C=O) groups excluding carboxylic acids is 1. The van der Waals surface area contributed by atoms with Gasteiger partial charge in [-0.2, -0.15) is 0 Å². The summed E-state index contributed by atoms with van der Waals surface area (Å²) >= 11 is 1.82. The standard InChI is InChI=1S/C18H24N4OS/c23-18(20-12-15-3-7-19-8-4-15)21-13-16-5-9-22(10-6-16)14-17-2-1-11-24-17/h1-4,7-8,11,16H,5-6,9-10,12-14H2,(H2,20,21,23). The first-order valence-electron chi connectivity index (χ1n) is 8.45. The fourth-order valence-electron chi connectivity index (χ4n) is 2.95. The van der Waals surface area contributed by atoms with Crippen molar-refractivity contribution in [2.45, 2.75) is 25.9 Å². The van der Waals surface area contributed by atoms with Gasteiger partial charge in [-0.15, -0.1) is 11.3 Å². The van der Waals surface area contributed by atoms with Crippen molar-refractivity contribution in [2.24, 2.45) is 5.92 Å². The zero-order valence-corrected chi connectivity index (χ0v) is 14.6. The van der Waals surface area contributed by atoms with Crippen molar-refractivity contribution in [2.75, 3.05) is 19.6 Å². The molecule has 1 saturated heterocycles. The third-order valence-electron chi connectivity index (χ3n) is 4.42. The van der Waals surface area contributed by atoms with Crippen molar-refractivity contribution in [1.82, 2.24) is 20.5 Å². The summed E-state index contributed by atoms with van der Waals surface area (Å²) in [5.41, 5.74) is 1.06. The topological polar surface area (TPSA) is 57.3 Å². The zero-order valence-electron chi connectivity index (χ0n) is 13.8. The van der Waals surface area contributed by atoms with Gasteiger partial charge in [0, 0.05) is 36.9 Å². The first kappa shape index (κ1) is 16.9. The molecule has 0 bridgehead atoms. The van der Waals surface area contributed by atoms with Gasteiger partial charge >= 0.3 is 6.03 Å². The molecule has 2 aromatic heterocycles. The Morgan fingerprint density at radius 1 is 1.21 bits per heavy atom. The number of nitrogens with zero attached hydrogens (tertiary/aromatic N) is 2. The highest BCUT2D eigenvalue weighted by molar-refractivity contribution is 7.09. The molecule has 128 valence electrons. The Bertz CT molecular complexity index is 609. The smallest absolute Gasteiger partial charge is 0.315 e. The first-order chi connectivity index (χ1) is 11.8. The van der Waals surface area contributed by atoms with Crippen molar-refractivity contribution in [3.8, 4) is 0 Å². The van der Waals surface area contributed by atoms with Gasteiger partial charge in [0.25, 0.3) is 0 Å². The molecule has 0 spiro atoms. The van der Waals surface area contributed by atoms with E-state index < -0.39 is 0 Å². The highest BCUT2D eigenvalue weighted by Gasteiger charge is 2.19. The summed E-state index contributed by atoms with van der Waals surface area (Å²) in [6.45, 7) is 4.58. The molecule has 0 unspecified atom stereocenters. The second-order valence-corrected chi connectivity index (χ2v) is 7.25. The van der Waals surface area contributed by atoms with Crippen LogP contribution in [-0.2, 0) is 13.1 Å². The number of nitrogens with one attached hydrogen (secondary N) is 2. The average Bonchev–Trinajstić information content (AvgIpc) is 3.13. The van der Waals surface area contributed by atoms with E-state index in [4.69, 9.17) is 0 Å². The molecule has 0 radical (unpaired) electrons. The first-order valence-corrected chi connectivity index (χ1v) is 9.33. The van der Waals surface area contributed by atoms with Crippen LogP contribution in [0, 0.1) is 5.92 Å². The van der Waals surface area contributed by atoms with E-state index in [1.165, 1.54) is 4.88 Å². The molecular formula is C18H24N4OS. The Morgan fingerprint density at radius 2 is 2.00 bits per heavy atom. The Balaban J connectivity index is 1.31. The lowest BCUT2D eigenvalue weighted by Crippen LogP contribution is -2.41. The Labute approximate surface area is 147 Å². The van der Waals surface area contributed by atoms with E-state index in [0.717, 1.165) is 44.6 Å². The largest absolute Gasteiger partial charge is 0.338 e. The molecule has 5 nitrogen and oxygen atoms in total. The quantitative estimate of drug-likeness (QED) is 0.847. The second kappa shape index (κ2) is 8.80. The number of hydrogen-bond donors (Lipinski definition) is 2. The molecule has 1 aliphatic rings. The van der Waals surface area contributed by atoms with E-state index >= 15 is 0 Å². The van der Waals surface area contributed by atoms with Crippen LogP contribution in [0.2, 0.25) is 0 Å². The number of piperidine rings is 1. The number of urea groups is 1. The Morgan fingerprint density at radius 3 is 2.71 bits per heavy atom. The third kappa shape index (κ3) is 5.32. The van der Waals surface area contributed by atoms with E-state index in [9.17, 15) is 4.79 Å². The van der Waals surface area contributed by atoms with Crippen LogP contribution in [0.15, 0.2) is 42.0 Å². The molecule has 2 N–H and O–H groups in total. The van der Waals surface area contributed by atoms with Gasteiger partial charge in [0.1, 0.15) is 0 Å². The highest BCUT2D eigenvalue weighted by Crippen LogP contribution is 2.20. The number of carbonyl (C=O) groups is 1. The van der Waals surface area contributed by atoms with Crippen LogP contribution in [0.3, 0.4) is 0 Å². The summed E-state index contributed by atoms with van der Waals surface area (Å²) in [5, 5.41) is 8.03. The SMILES string of the molecule is O=C(NCc1ccncc1)NCC1CCN(Cc2cccs2)CC1. The molecule has 24 heavy (non-hydrogen) atoms. The van der Waals surface area contributed by atoms with Crippen LogP contribution in [-0.4, -0.2) is 35.5 Å². The number of pyridine rings is 1. The summed E-state index contributed by atoms with van der Waals surface area (Å²) in [5.74, 6) is 0.580. The molecule has 0 atom stereocenters. The number of hydrogen-bond acceptors (Lipinski definition) is 4. The van der Waals surface area contributed by atoms with Crippen LogP contribution in [0.1, 0.15) is 23.3 Å². The maximum Gasteiger partial charge on any atom is 0.315 e. The van der Waals surface area contributed by atoms with E-state index in [-0.39, 0.29) is 6.03 Å². The van der Waals surface area contributed by atoms with Gasteiger partial charge in [-0.05, 0) is 61.0 Å². The Hall–Kier alpha value is -1.92. The number of rotatable bonds is 6. The zero-order chi connectivity index (χ0) is 16.6. The van der Waals surface area contributed by atoms with Gasteiger partial charge in [-0.1, -0.05) is 6.07 Å². The summed E-state index contributed by atoms with van der Waals surface area (Å²) in [4.78, 5) is 19.8. The van der Waals surface area contributed by atoms with E-state index in [0.29, 0.717) is 12.5 Å². The number of aromatic nitrogens is 1. The molecule has 6 heteroatoms. The summed E-state index contributed by atoms with van der Waals surface area (Å²) in [7, 11) is 0. The van der Waals surface area contributed by atoms with Gasteiger partial charge in [-0.25, -0.2) is 4.79 Å². The van der Waals surface area contributed by atoms with Crippen molar-refractivity contribution in [3.63, 3.8) is 0 Å². The van der Waals surface area contributed by atoms with Crippen molar-refractivity contribution < 1.29 is 4.79 Å². The van der Waals surface area contributed by atoms with Crippen molar-refractivity contribution >= 4 is 17.4 Å². The fourth-order valence-corrected chi connectivity index (χ4v) is 3.70. The molecule has 3 rings (SSSR count). The van der Waals surface area contributed by atoms with Crippen molar-refractivity contribution in [3.05, 3.63) is 52.5 Å².